The molecule has 0 unspecified atom stereocenters. The second-order valence-corrected chi connectivity index (χ2v) is 6.81. The minimum absolute atomic E-state index is 0.875. The molecule has 0 aliphatic carbocycles. The lowest BCUT2D eigenvalue weighted by molar-refractivity contribution is 0.685. The van der Waals surface area contributed by atoms with Crippen LogP contribution in [0.3, 0.4) is 0 Å². The van der Waals surface area contributed by atoms with Crippen molar-refractivity contribution in [2.24, 2.45) is 0 Å². The van der Waals surface area contributed by atoms with Crippen LogP contribution in [0.2, 0.25) is 4.34 Å². The first-order chi connectivity index (χ1) is 9.06. The predicted molar refractivity (Wildman–Crippen MR) is 85.4 cm³/mol. The molecule has 1 heterocycles. The van der Waals surface area contributed by atoms with Gasteiger partial charge in [-0.3, -0.25) is 0 Å². The summed E-state index contributed by atoms with van der Waals surface area (Å²) in [5.41, 5.74) is 5.52. The van der Waals surface area contributed by atoms with E-state index in [-0.39, 0.29) is 0 Å². The number of hydrogen-bond acceptors (Lipinski definition) is 2. The zero-order valence-electron chi connectivity index (χ0n) is 11.7. The van der Waals surface area contributed by atoms with Gasteiger partial charge in [-0.15, -0.1) is 11.3 Å². The highest BCUT2D eigenvalue weighted by Crippen LogP contribution is 2.21. The predicted octanol–water partition coefficient (Wildman–Crippen LogP) is 4.66. The molecular formula is C16H20ClNS. The maximum Gasteiger partial charge on any atom is 0.0931 e. The molecule has 2 rings (SSSR count). The summed E-state index contributed by atoms with van der Waals surface area (Å²) in [7, 11) is 0. The summed E-state index contributed by atoms with van der Waals surface area (Å²) in [5, 5.41) is 3.52. The summed E-state index contributed by atoms with van der Waals surface area (Å²) in [6, 6.07) is 8.58. The Balaban J connectivity index is 1.86. The first-order valence-corrected chi connectivity index (χ1v) is 7.77. The number of rotatable bonds is 5. The number of thiophene rings is 1. The van der Waals surface area contributed by atoms with E-state index in [1.807, 2.05) is 6.07 Å². The Morgan fingerprint density at radius 2 is 1.79 bits per heavy atom. The topological polar surface area (TPSA) is 12.0 Å². The van der Waals surface area contributed by atoms with E-state index in [0.29, 0.717) is 0 Å². The van der Waals surface area contributed by atoms with Crippen molar-refractivity contribution in [1.82, 2.24) is 5.32 Å². The third-order valence-electron chi connectivity index (χ3n) is 3.32. The van der Waals surface area contributed by atoms with E-state index in [2.05, 4.69) is 44.3 Å². The smallest absolute Gasteiger partial charge is 0.0931 e. The molecule has 1 N–H and O–H groups in total. The Hall–Kier alpha value is -0.830. The summed E-state index contributed by atoms with van der Waals surface area (Å²) >= 11 is 7.59. The highest BCUT2D eigenvalue weighted by atomic mass is 35.5. The van der Waals surface area contributed by atoms with Crippen LogP contribution in [0, 0.1) is 20.8 Å². The lowest BCUT2D eigenvalue weighted by Gasteiger charge is -2.12. The number of aryl methyl sites for hydroxylation is 3. The van der Waals surface area contributed by atoms with Crippen molar-refractivity contribution in [3.8, 4) is 0 Å². The Kier molecular flexibility index (Phi) is 5.03. The van der Waals surface area contributed by atoms with E-state index < -0.39 is 0 Å². The highest BCUT2D eigenvalue weighted by Gasteiger charge is 2.03. The molecule has 0 saturated heterocycles. The maximum absolute atomic E-state index is 5.92. The van der Waals surface area contributed by atoms with Gasteiger partial charge in [0.25, 0.3) is 0 Å². The van der Waals surface area contributed by atoms with Crippen LogP contribution >= 0.6 is 22.9 Å². The van der Waals surface area contributed by atoms with Crippen LogP contribution in [0.4, 0.5) is 0 Å². The molecule has 3 heteroatoms. The molecule has 1 aromatic heterocycles. The summed E-state index contributed by atoms with van der Waals surface area (Å²) in [6.07, 6.45) is 1.04. The SMILES string of the molecule is Cc1cc(C)c(CNCCc2ccc(Cl)s2)c(C)c1. The third-order valence-corrected chi connectivity index (χ3v) is 4.61. The fourth-order valence-electron chi connectivity index (χ4n) is 2.40. The molecule has 0 fully saturated rings. The number of halogens is 1. The van der Waals surface area contributed by atoms with Crippen LogP contribution in [-0.2, 0) is 13.0 Å². The number of benzene rings is 1. The van der Waals surface area contributed by atoms with E-state index in [1.54, 1.807) is 11.3 Å². The van der Waals surface area contributed by atoms with E-state index in [9.17, 15) is 0 Å². The van der Waals surface area contributed by atoms with Crippen molar-refractivity contribution in [3.63, 3.8) is 0 Å². The molecule has 0 bridgehead atoms. The molecule has 0 saturated carbocycles. The Labute approximate surface area is 124 Å². The van der Waals surface area contributed by atoms with Crippen molar-refractivity contribution < 1.29 is 0 Å². The molecule has 1 nitrogen and oxygen atoms in total. The lowest BCUT2D eigenvalue weighted by Crippen LogP contribution is -2.17. The summed E-state index contributed by atoms with van der Waals surface area (Å²) in [6.45, 7) is 8.46. The Morgan fingerprint density at radius 1 is 1.11 bits per heavy atom. The molecule has 1 aromatic carbocycles. The van der Waals surface area contributed by atoms with Gasteiger partial charge in [-0.05, 0) is 56.0 Å². The zero-order chi connectivity index (χ0) is 13.8. The summed E-state index contributed by atoms with van der Waals surface area (Å²) in [4.78, 5) is 1.34. The average molecular weight is 294 g/mol. The van der Waals surface area contributed by atoms with Crippen LogP contribution < -0.4 is 5.32 Å². The first-order valence-electron chi connectivity index (χ1n) is 6.58. The van der Waals surface area contributed by atoms with Gasteiger partial charge in [-0.2, -0.15) is 0 Å². The van der Waals surface area contributed by atoms with Gasteiger partial charge in [0.2, 0.25) is 0 Å². The van der Waals surface area contributed by atoms with E-state index in [4.69, 9.17) is 11.6 Å². The van der Waals surface area contributed by atoms with Crippen molar-refractivity contribution in [3.05, 3.63) is 55.7 Å². The van der Waals surface area contributed by atoms with Crippen molar-refractivity contribution in [2.45, 2.75) is 33.7 Å². The lowest BCUT2D eigenvalue weighted by atomic mass is 10.00. The molecule has 0 spiro atoms. The second kappa shape index (κ2) is 6.56. The number of nitrogens with one attached hydrogen (secondary N) is 1. The van der Waals surface area contributed by atoms with Gasteiger partial charge in [-0.1, -0.05) is 29.3 Å². The average Bonchev–Trinajstić information content (AvgIpc) is 2.73. The van der Waals surface area contributed by atoms with Gasteiger partial charge in [0.05, 0.1) is 4.34 Å². The van der Waals surface area contributed by atoms with Crippen LogP contribution in [0.1, 0.15) is 27.1 Å². The third kappa shape index (κ3) is 4.07. The summed E-state index contributed by atoms with van der Waals surface area (Å²) < 4.78 is 0.875. The van der Waals surface area contributed by atoms with Gasteiger partial charge in [0.1, 0.15) is 0 Å². The normalized spacial score (nSPS) is 10.9. The molecule has 0 atom stereocenters. The van der Waals surface area contributed by atoms with Crippen molar-refractivity contribution in [1.29, 1.82) is 0 Å². The molecule has 102 valence electrons. The van der Waals surface area contributed by atoms with E-state index in [0.717, 1.165) is 23.8 Å². The van der Waals surface area contributed by atoms with E-state index in [1.165, 1.54) is 27.1 Å². The van der Waals surface area contributed by atoms with Gasteiger partial charge < -0.3 is 5.32 Å². The zero-order valence-corrected chi connectivity index (χ0v) is 13.3. The largest absolute Gasteiger partial charge is 0.312 e. The monoisotopic (exact) mass is 293 g/mol. The summed E-state index contributed by atoms with van der Waals surface area (Å²) in [5.74, 6) is 0. The molecule has 0 radical (unpaired) electrons. The minimum atomic E-state index is 0.875. The molecule has 19 heavy (non-hydrogen) atoms. The maximum atomic E-state index is 5.92. The second-order valence-electron chi connectivity index (χ2n) is 5.01. The molecule has 0 aliphatic heterocycles. The van der Waals surface area contributed by atoms with Gasteiger partial charge in [-0.25, -0.2) is 0 Å². The highest BCUT2D eigenvalue weighted by molar-refractivity contribution is 7.16. The van der Waals surface area contributed by atoms with Crippen molar-refractivity contribution in [2.75, 3.05) is 6.54 Å². The van der Waals surface area contributed by atoms with Crippen LogP contribution in [0.15, 0.2) is 24.3 Å². The quantitative estimate of drug-likeness (QED) is 0.791. The van der Waals surface area contributed by atoms with Crippen LogP contribution in [-0.4, -0.2) is 6.54 Å². The fourth-order valence-corrected chi connectivity index (χ4v) is 3.49. The Bertz CT molecular complexity index is 537. The van der Waals surface area contributed by atoms with Crippen molar-refractivity contribution >= 4 is 22.9 Å². The van der Waals surface area contributed by atoms with Crippen LogP contribution in [0.25, 0.3) is 0 Å². The van der Waals surface area contributed by atoms with Gasteiger partial charge in [0.15, 0.2) is 0 Å². The molecule has 0 aliphatic rings. The Morgan fingerprint density at radius 3 is 2.37 bits per heavy atom. The van der Waals surface area contributed by atoms with Gasteiger partial charge in [0, 0.05) is 18.0 Å². The first kappa shape index (κ1) is 14.6. The van der Waals surface area contributed by atoms with E-state index >= 15 is 0 Å². The molecule has 2 aromatic rings. The molecule has 0 amide bonds. The van der Waals surface area contributed by atoms with Gasteiger partial charge >= 0.3 is 0 Å². The minimum Gasteiger partial charge on any atom is -0.312 e. The number of hydrogen-bond donors (Lipinski definition) is 1. The fraction of sp³-hybridized carbons (Fsp3) is 0.375. The standard InChI is InChI=1S/C16H20ClNS/c1-11-8-12(2)15(13(3)9-11)10-18-7-6-14-4-5-16(17)19-14/h4-5,8-9,18H,6-7,10H2,1-3H3. The van der Waals surface area contributed by atoms with Crippen LogP contribution in [0.5, 0.6) is 0 Å². The molecular weight excluding hydrogens is 274 g/mol.